The van der Waals surface area contributed by atoms with Crippen LogP contribution in [0.5, 0.6) is 0 Å². The van der Waals surface area contributed by atoms with Crippen molar-refractivity contribution in [3.63, 3.8) is 0 Å². The second kappa shape index (κ2) is 9.89. The Balaban J connectivity index is 1.58. The van der Waals surface area contributed by atoms with E-state index >= 15 is 0 Å². The highest BCUT2D eigenvalue weighted by atomic mass is 16.5. The van der Waals surface area contributed by atoms with E-state index in [1.54, 1.807) is 0 Å². The second-order valence-corrected chi connectivity index (χ2v) is 13.7. The molecule has 6 heteroatoms. The zero-order chi connectivity index (χ0) is 25.6. The fraction of sp³-hybridized carbons (Fsp3) is 0.966. The van der Waals surface area contributed by atoms with E-state index in [0.29, 0.717) is 36.0 Å². The molecule has 1 N–H and O–H groups in total. The number of azide groups is 1. The first-order chi connectivity index (χ1) is 16.5. The Kier molecular flexibility index (Phi) is 7.57. The van der Waals surface area contributed by atoms with Crippen LogP contribution in [0.25, 0.3) is 10.4 Å². The molecule has 0 heterocycles. The van der Waals surface area contributed by atoms with Crippen LogP contribution in [0.1, 0.15) is 112 Å². The number of fused-ring (bicyclic) bond motifs is 5. The zero-order valence-electron chi connectivity index (χ0n) is 23.0. The Labute approximate surface area is 212 Å². The van der Waals surface area contributed by atoms with Crippen molar-refractivity contribution in [1.29, 1.82) is 0 Å². The molecule has 0 saturated heterocycles. The molecule has 6 nitrogen and oxygen atoms in total. The summed E-state index contributed by atoms with van der Waals surface area (Å²) in [6, 6.07) is 0. The standard InChI is InChI=1S/C29H49N3O3/c1-18(2)8-7-9-19(3)23-10-11-24-22-16-26(34)29(31-32-30)17-21(35-20(4)33)12-15-28(29,6)25(22)13-14-27(23,24)5/h18-19,21-26,34H,7-17H2,1-6H3/t19?,21-,22-,23+,24-,25-,26+,27+,28+,29?/m0/s1. The summed E-state index contributed by atoms with van der Waals surface area (Å²) in [5.41, 5.74) is 8.77. The van der Waals surface area contributed by atoms with Gasteiger partial charge in [0.05, 0.1) is 11.6 Å². The number of rotatable bonds is 7. The molecule has 4 saturated carbocycles. The molecule has 4 aliphatic rings. The van der Waals surface area contributed by atoms with Crippen LogP contribution < -0.4 is 0 Å². The number of aliphatic hydroxyl groups is 1. The molecule has 4 rings (SSSR count). The van der Waals surface area contributed by atoms with E-state index in [-0.39, 0.29) is 17.5 Å². The molecule has 0 bridgehead atoms. The van der Waals surface area contributed by atoms with Gasteiger partial charge in [0.25, 0.3) is 0 Å². The average Bonchev–Trinajstić information content (AvgIpc) is 3.12. The number of carbonyl (C=O) groups is 1. The minimum absolute atomic E-state index is 0.263. The summed E-state index contributed by atoms with van der Waals surface area (Å²) in [6.45, 7) is 13.4. The minimum Gasteiger partial charge on any atom is -0.463 e. The zero-order valence-corrected chi connectivity index (χ0v) is 23.0. The lowest BCUT2D eigenvalue weighted by Gasteiger charge is -2.66. The lowest BCUT2D eigenvalue weighted by Crippen LogP contribution is -2.67. The number of nitrogens with zero attached hydrogens (tertiary/aromatic N) is 3. The smallest absolute Gasteiger partial charge is 0.302 e. The molecule has 0 aromatic heterocycles. The van der Waals surface area contributed by atoms with Gasteiger partial charge >= 0.3 is 5.97 Å². The molecule has 0 aromatic rings. The summed E-state index contributed by atoms with van der Waals surface area (Å²) in [7, 11) is 0. The molecule has 0 radical (unpaired) electrons. The van der Waals surface area contributed by atoms with Crippen LogP contribution in [-0.2, 0) is 9.53 Å². The lowest BCUT2D eigenvalue weighted by molar-refractivity contribution is -0.192. The first kappa shape index (κ1) is 26.8. The molecule has 0 amide bonds. The molecular weight excluding hydrogens is 438 g/mol. The molecule has 198 valence electrons. The van der Waals surface area contributed by atoms with Gasteiger partial charge in [-0.1, -0.05) is 59.0 Å². The third-order valence-corrected chi connectivity index (χ3v) is 11.6. The van der Waals surface area contributed by atoms with E-state index in [1.165, 1.54) is 45.4 Å². The summed E-state index contributed by atoms with van der Waals surface area (Å²) in [4.78, 5) is 14.9. The molecule has 4 fully saturated rings. The fourth-order valence-electron chi connectivity index (χ4n) is 9.90. The van der Waals surface area contributed by atoms with Gasteiger partial charge in [-0.05, 0) is 103 Å². The average molecular weight is 488 g/mol. The Bertz CT molecular complexity index is 841. The van der Waals surface area contributed by atoms with Crippen molar-refractivity contribution in [3.8, 4) is 0 Å². The minimum atomic E-state index is -0.892. The third-order valence-electron chi connectivity index (χ3n) is 11.6. The maximum absolute atomic E-state index is 11.7. The monoisotopic (exact) mass is 487 g/mol. The molecule has 0 aromatic carbocycles. The molecule has 35 heavy (non-hydrogen) atoms. The maximum Gasteiger partial charge on any atom is 0.302 e. The quantitative estimate of drug-likeness (QED) is 0.175. The van der Waals surface area contributed by atoms with Gasteiger partial charge in [-0.15, -0.1) is 0 Å². The fourth-order valence-corrected chi connectivity index (χ4v) is 9.90. The molecule has 4 aliphatic carbocycles. The number of carbonyl (C=O) groups excluding carboxylic acids is 1. The van der Waals surface area contributed by atoms with E-state index in [4.69, 9.17) is 4.74 Å². The maximum atomic E-state index is 11.7. The van der Waals surface area contributed by atoms with Crippen LogP contribution in [0, 0.1) is 46.3 Å². The molecule has 0 spiro atoms. The number of esters is 1. The number of hydrogen-bond donors (Lipinski definition) is 1. The summed E-state index contributed by atoms with van der Waals surface area (Å²) in [5, 5.41) is 16.1. The van der Waals surface area contributed by atoms with E-state index in [9.17, 15) is 15.4 Å². The van der Waals surface area contributed by atoms with E-state index < -0.39 is 11.6 Å². The largest absolute Gasteiger partial charge is 0.463 e. The van der Waals surface area contributed by atoms with Gasteiger partial charge in [0.1, 0.15) is 6.10 Å². The Hall–Kier alpha value is -1.26. The first-order valence-electron chi connectivity index (χ1n) is 14.4. The van der Waals surface area contributed by atoms with Gasteiger partial charge in [-0.25, -0.2) is 0 Å². The van der Waals surface area contributed by atoms with Crippen LogP contribution in [0.4, 0.5) is 0 Å². The second-order valence-electron chi connectivity index (χ2n) is 13.7. The summed E-state index contributed by atoms with van der Waals surface area (Å²) in [6.07, 6.45) is 10.8. The summed E-state index contributed by atoms with van der Waals surface area (Å²) >= 11 is 0. The van der Waals surface area contributed by atoms with Crippen molar-refractivity contribution in [1.82, 2.24) is 0 Å². The van der Waals surface area contributed by atoms with Crippen LogP contribution in [-0.4, -0.2) is 28.8 Å². The van der Waals surface area contributed by atoms with Crippen LogP contribution in [0.2, 0.25) is 0 Å². The summed E-state index contributed by atoms with van der Waals surface area (Å²) < 4.78 is 5.58. The van der Waals surface area contributed by atoms with Crippen molar-refractivity contribution >= 4 is 5.97 Å². The van der Waals surface area contributed by atoms with E-state index in [1.807, 2.05) is 0 Å². The number of ether oxygens (including phenoxy) is 1. The topological polar surface area (TPSA) is 95.3 Å². The van der Waals surface area contributed by atoms with E-state index in [0.717, 1.165) is 37.0 Å². The molecule has 0 aliphatic heterocycles. The number of hydrogen-bond acceptors (Lipinski definition) is 4. The SMILES string of the molecule is CC(=O)O[C@H]1CC[C@]2(C)[C@H]3CC[C@]4(C)[C@@H](C(C)CCCC(C)C)CC[C@H]4[C@@H]3C[C@@H](O)C2(N=[N+]=[N-])C1. The van der Waals surface area contributed by atoms with Crippen molar-refractivity contribution < 1.29 is 14.6 Å². The highest BCUT2D eigenvalue weighted by molar-refractivity contribution is 5.66. The lowest BCUT2D eigenvalue weighted by atomic mass is 9.41. The van der Waals surface area contributed by atoms with Gasteiger partial charge < -0.3 is 9.84 Å². The van der Waals surface area contributed by atoms with E-state index in [2.05, 4.69) is 44.6 Å². The Morgan fingerprint density at radius 2 is 1.86 bits per heavy atom. The molecular formula is C29H49N3O3. The first-order valence-corrected chi connectivity index (χ1v) is 14.4. The van der Waals surface area contributed by atoms with Crippen molar-refractivity contribution in [2.75, 3.05) is 0 Å². The van der Waals surface area contributed by atoms with Gasteiger partial charge in [-0.3, -0.25) is 4.79 Å². The number of aliphatic hydroxyl groups excluding tert-OH is 1. The van der Waals surface area contributed by atoms with Crippen molar-refractivity contribution in [2.45, 2.75) is 130 Å². The van der Waals surface area contributed by atoms with Crippen LogP contribution in [0.15, 0.2) is 5.11 Å². The highest BCUT2D eigenvalue weighted by Crippen LogP contribution is 2.70. The Morgan fingerprint density at radius 3 is 2.51 bits per heavy atom. The van der Waals surface area contributed by atoms with Crippen molar-refractivity contribution in [3.05, 3.63) is 10.4 Å². The Morgan fingerprint density at radius 1 is 1.11 bits per heavy atom. The molecule has 2 unspecified atom stereocenters. The highest BCUT2D eigenvalue weighted by Gasteiger charge is 2.68. The predicted molar refractivity (Wildman–Crippen MR) is 138 cm³/mol. The van der Waals surface area contributed by atoms with Crippen LogP contribution >= 0.6 is 0 Å². The van der Waals surface area contributed by atoms with Crippen molar-refractivity contribution in [2.24, 2.45) is 51.5 Å². The normalized spacial score (nSPS) is 45.6. The predicted octanol–water partition coefficient (Wildman–Crippen LogP) is 7.44. The summed E-state index contributed by atoms with van der Waals surface area (Å²) in [5.74, 6) is 3.57. The van der Waals surface area contributed by atoms with Gasteiger partial charge in [0.15, 0.2) is 0 Å². The van der Waals surface area contributed by atoms with Crippen LogP contribution in [0.3, 0.4) is 0 Å². The van der Waals surface area contributed by atoms with Gasteiger partial charge in [0.2, 0.25) is 0 Å². The molecule has 10 atom stereocenters. The third kappa shape index (κ3) is 4.41. The van der Waals surface area contributed by atoms with Gasteiger partial charge in [-0.2, -0.15) is 0 Å². The van der Waals surface area contributed by atoms with Gasteiger partial charge in [0, 0.05) is 11.8 Å².